The minimum atomic E-state index is -1.96. The smallest absolute Gasteiger partial charge is 0.472 e. The van der Waals surface area contributed by atoms with Crippen molar-refractivity contribution in [2.45, 2.75) is 67.6 Å². The summed E-state index contributed by atoms with van der Waals surface area (Å²) < 4.78 is 21.0. The first-order valence-electron chi connectivity index (χ1n) is 8.65. The fraction of sp³-hybridized carbons (Fsp3) is 0.812. The number of carboxylic acid groups (broad SMARTS) is 1. The second-order valence-electron chi connectivity index (χ2n) is 7.41. The molecular weight excluding hydrogens is 384 g/mol. The molecule has 2 fully saturated rings. The van der Waals surface area contributed by atoms with Crippen molar-refractivity contribution in [3.63, 3.8) is 0 Å². The van der Waals surface area contributed by atoms with Gasteiger partial charge in [0.05, 0.1) is 24.9 Å². The van der Waals surface area contributed by atoms with E-state index in [1.807, 2.05) is 0 Å². The molecule has 28 heavy (non-hydrogen) atoms. The van der Waals surface area contributed by atoms with E-state index in [9.17, 15) is 35.4 Å². The van der Waals surface area contributed by atoms with Crippen molar-refractivity contribution in [2.24, 2.45) is 5.92 Å². The van der Waals surface area contributed by atoms with Crippen LogP contribution in [0.2, 0.25) is 0 Å². The van der Waals surface area contributed by atoms with Gasteiger partial charge in [-0.05, 0) is 13.0 Å². The summed E-state index contributed by atoms with van der Waals surface area (Å²) in [5, 5.41) is 69.3. The molecule has 0 aromatic rings. The molecule has 12 nitrogen and oxygen atoms in total. The Labute approximate surface area is 159 Å². The van der Waals surface area contributed by atoms with E-state index in [0.29, 0.717) is 0 Å². The number of fused-ring (bicyclic) bond motifs is 1. The normalized spacial score (nSPS) is 50.7. The molecule has 160 valence electrons. The summed E-state index contributed by atoms with van der Waals surface area (Å²) in [5.41, 5.74) is -3.58. The lowest BCUT2D eigenvalue weighted by Crippen LogP contribution is -2.62. The molecule has 3 rings (SSSR count). The average Bonchev–Trinajstić information content (AvgIpc) is 2.81. The van der Waals surface area contributed by atoms with Crippen molar-refractivity contribution in [1.82, 2.24) is 0 Å². The van der Waals surface area contributed by atoms with Gasteiger partial charge in [0, 0.05) is 6.42 Å². The van der Waals surface area contributed by atoms with Crippen LogP contribution in [0.4, 0.5) is 4.79 Å². The molecule has 0 amide bonds. The molecule has 0 bridgehead atoms. The predicted molar refractivity (Wildman–Crippen MR) is 85.4 cm³/mol. The van der Waals surface area contributed by atoms with Crippen molar-refractivity contribution in [3.05, 3.63) is 12.3 Å². The van der Waals surface area contributed by atoms with Gasteiger partial charge in [-0.25, -0.2) is 4.79 Å². The van der Waals surface area contributed by atoms with Gasteiger partial charge in [0.1, 0.15) is 35.6 Å². The largest absolute Gasteiger partial charge is 0.506 e. The molecule has 2 aliphatic heterocycles. The second kappa shape index (κ2) is 7.39. The van der Waals surface area contributed by atoms with Crippen LogP contribution >= 0.6 is 0 Å². The Morgan fingerprint density at radius 3 is 2.46 bits per heavy atom. The molecule has 0 radical (unpaired) electrons. The average molecular weight is 408 g/mol. The van der Waals surface area contributed by atoms with Crippen LogP contribution in [0.5, 0.6) is 0 Å². The SMILES string of the molecule is CC1(OC(=O)O)C[C@@H](O)[C@]2(O)C=CO[C@@H](O[C@@H]3O[C@H](CO)[C@@H](O)[C@H](O)[C@H]3O)[C@H]12. The van der Waals surface area contributed by atoms with E-state index in [2.05, 4.69) is 0 Å². The van der Waals surface area contributed by atoms with Crippen LogP contribution in [0, 0.1) is 5.92 Å². The van der Waals surface area contributed by atoms with E-state index in [1.165, 1.54) is 6.92 Å². The van der Waals surface area contributed by atoms with E-state index in [1.54, 1.807) is 0 Å². The van der Waals surface area contributed by atoms with E-state index >= 15 is 0 Å². The topological polar surface area (TPSA) is 196 Å². The summed E-state index contributed by atoms with van der Waals surface area (Å²) in [6, 6.07) is 0. The minimum Gasteiger partial charge on any atom is -0.472 e. The second-order valence-corrected chi connectivity index (χ2v) is 7.41. The highest BCUT2D eigenvalue weighted by Gasteiger charge is 2.66. The highest BCUT2D eigenvalue weighted by molar-refractivity contribution is 5.58. The maximum absolute atomic E-state index is 11.1. The number of carbonyl (C=O) groups is 1. The van der Waals surface area contributed by atoms with Gasteiger partial charge in [-0.15, -0.1) is 0 Å². The number of hydrogen-bond donors (Lipinski definition) is 7. The Balaban J connectivity index is 1.87. The third-order valence-corrected chi connectivity index (χ3v) is 5.55. The molecule has 0 spiro atoms. The molecule has 3 aliphatic rings. The number of ether oxygens (including phenoxy) is 4. The van der Waals surface area contributed by atoms with Crippen LogP contribution in [-0.4, -0.2) is 103 Å². The summed E-state index contributed by atoms with van der Waals surface area (Å²) >= 11 is 0. The summed E-state index contributed by atoms with van der Waals surface area (Å²) in [7, 11) is 0. The summed E-state index contributed by atoms with van der Waals surface area (Å²) in [4.78, 5) is 11.1. The Kier molecular flexibility index (Phi) is 5.59. The zero-order chi connectivity index (χ0) is 20.9. The molecule has 0 aromatic heterocycles. The van der Waals surface area contributed by atoms with Gasteiger partial charge in [0.2, 0.25) is 6.29 Å². The Morgan fingerprint density at radius 1 is 1.18 bits per heavy atom. The summed E-state index contributed by atoms with van der Waals surface area (Å²) in [6.45, 7) is 0.668. The molecule has 12 heteroatoms. The van der Waals surface area contributed by atoms with Crippen LogP contribution < -0.4 is 0 Å². The molecule has 1 saturated heterocycles. The fourth-order valence-corrected chi connectivity index (χ4v) is 4.12. The van der Waals surface area contributed by atoms with Crippen molar-refractivity contribution >= 4 is 6.16 Å². The van der Waals surface area contributed by atoms with E-state index in [-0.39, 0.29) is 6.42 Å². The van der Waals surface area contributed by atoms with Gasteiger partial charge in [-0.1, -0.05) is 0 Å². The standard InChI is InChI=1S/C16H24O12/c1-15(28-14(22)23)4-7(18)16(24)2-3-25-13(11(15)16)27-12-10(21)9(20)8(19)6(5-17)26-12/h2-3,6-13,17-21,24H,4-5H2,1H3,(H,22,23)/t6-,7-,8-,9+,10-,11-,12+,13+,15?,16-/m1/s1. The zero-order valence-corrected chi connectivity index (χ0v) is 14.9. The van der Waals surface area contributed by atoms with Crippen molar-refractivity contribution in [3.8, 4) is 0 Å². The Hall–Kier alpha value is -1.51. The van der Waals surface area contributed by atoms with Crippen LogP contribution in [0.15, 0.2) is 12.3 Å². The van der Waals surface area contributed by atoms with Gasteiger partial charge in [-0.2, -0.15) is 0 Å². The quantitative estimate of drug-likeness (QED) is 0.237. The first-order chi connectivity index (χ1) is 13.0. The van der Waals surface area contributed by atoms with E-state index in [0.717, 1.165) is 12.3 Å². The summed E-state index contributed by atoms with van der Waals surface area (Å²) in [5.74, 6) is -1.26. The number of rotatable bonds is 4. The minimum absolute atomic E-state index is 0.261. The monoisotopic (exact) mass is 408 g/mol. The number of aliphatic hydroxyl groups is 6. The van der Waals surface area contributed by atoms with Crippen molar-refractivity contribution in [2.75, 3.05) is 6.61 Å². The number of hydrogen-bond acceptors (Lipinski definition) is 11. The maximum atomic E-state index is 11.1. The molecule has 10 atom stereocenters. The first-order valence-corrected chi connectivity index (χ1v) is 8.65. The highest BCUT2D eigenvalue weighted by atomic mass is 16.8. The lowest BCUT2D eigenvalue weighted by molar-refractivity contribution is -0.351. The van der Waals surface area contributed by atoms with Crippen LogP contribution in [0.25, 0.3) is 0 Å². The first kappa shape index (κ1) is 21.2. The van der Waals surface area contributed by atoms with Gasteiger partial charge < -0.3 is 54.7 Å². The Bertz CT molecular complexity index is 625. The van der Waals surface area contributed by atoms with Gasteiger partial charge in [0.25, 0.3) is 0 Å². The molecule has 1 aliphatic carbocycles. The predicted octanol–water partition coefficient (Wildman–Crippen LogP) is -2.76. The summed E-state index contributed by atoms with van der Waals surface area (Å²) in [6.07, 6.45) is -10.4. The Morgan fingerprint density at radius 2 is 1.86 bits per heavy atom. The molecule has 0 aromatic carbocycles. The molecule has 1 saturated carbocycles. The molecular formula is C16H24O12. The third-order valence-electron chi connectivity index (χ3n) is 5.55. The van der Waals surface area contributed by atoms with Crippen LogP contribution in [0.1, 0.15) is 13.3 Å². The van der Waals surface area contributed by atoms with Gasteiger partial charge >= 0.3 is 6.16 Å². The van der Waals surface area contributed by atoms with E-state index in [4.69, 9.17) is 24.1 Å². The number of aliphatic hydroxyl groups excluding tert-OH is 5. The van der Waals surface area contributed by atoms with Gasteiger partial charge in [-0.3, -0.25) is 0 Å². The highest BCUT2D eigenvalue weighted by Crippen LogP contribution is 2.51. The van der Waals surface area contributed by atoms with Crippen molar-refractivity contribution in [1.29, 1.82) is 0 Å². The maximum Gasteiger partial charge on any atom is 0.506 e. The fourth-order valence-electron chi connectivity index (χ4n) is 4.12. The van der Waals surface area contributed by atoms with Gasteiger partial charge in [0.15, 0.2) is 6.29 Å². The molecule has 7 N–H and O–H groups in total. The van der Waals surface area contributed by atoms with E-state index < -0.39 is 73.0 Å². The van der Waals surface area contributed by atoms with Crippen LogP contribution in [0.3, 0.4) is 0 Å². The van der Waals surface area contributed by atoms with Crippen LogP contribution in [-0.2, 0) is 18.9 Å². The lowest BCUT2D eigenvalue weighted by Gasteiger charge is -2.45. The zero-order valence-electron chi connectivity index (χ0n) is 14.9. The van der Waals surface area contributed by atoms with Crippen molar-refractivity contribution < 1.29 is 59.5 Å². The molecule has 2 heterocycles. The molecule has 1 unspecified atom stereocenters. The third kappa shape index (κ3) is 3.35. The lowest BCUT2D eigenvalue weighted by atomic mass is 9.81.